The SMILES string of the molecule is CCc1ccc(N(CC(=O)NC(C)COc2ccc(C)cc2)S(=O)(=O)c2ccccc2)cc1. The summed E-state index contributed by atoms with van der Waals surface area (Å²) in [7, 11) is -3.92. The number of carbonyl (C=O) groups excluding carboxylic acids is 1. The van der Waals surface area contributed by atoms with Crippen molar-refractivity contribution in [2.75, 3.05) is 17.5 Å². The number of hydrogen-bond acceptors (Lipinski definition) is 4. The summed E-state index contributed by atoms with van der Waals surface area (Å²) in [5.41, 5.74) is 2.66. The highest BCUT2D eigenvalue weighted by Gasteiger charge is 2.27. The molecule has 1 N–H and O–H groups in total. The van der Waals surface area contributed by atoms with E-state index in [1.54, 1.807) is 30.3 Å². The van der Waals surface area contributed by atoms with E-state index in [4.69, 9.17) is 4.74 Å². The van der Waals surface area contributed by atoms with Crippen LogP contribution in [-0.2, 0) is 21.2 Å². The fraction of sp³-hybridized carbons (Fsp3) is 0.269. The number of carbonyl (C=O) groups is 1. The molecule has 1 amide bonds. The van der Waals surface area contributed by atoms with E-state index in [0.717, 1.165) is 21.9 Å². The van der Waals surface area contributed by atoms with Crippen molar-refractivity contribution in [3.8, 4) is 5.75 Å². The highest BCUT2D eigenvalue weighted by molar-refractivity contribution is 7.92. The van der Waals surface area contributed by atoms with E-state index in [2.05, 4.69) is 5.32 Å². The molecule has 0 aliphatic carbocycles. The van der Waals surface area contributed by atoms with Crippen molar-refractivity contribution < 1.29 is 17.9 Å². The zero-order chi connectivity index (χ0) is 23.8. The van der Waals surface area contributed by atoms with Gasteiger partial charge in [-0.2, -0.15) is 0 Å². The summed E-state index contributed by atoms with van der Waals surface area (Å²) in [6, 6.07) is 22.7. The highest BCUT2D eigenvalue weighted by atomic mass is 32.2. The van der Waals surface area contributed by atoms with Crippen molar-refractivity contribution in [3.63, 3.8) is 0 Å². The van der Waals surface area contributed by atoms with Gasteiger partial charge >= 0.3 is 0 Å². The van der Waals surface area contributed by atoms with Crippen molar-refractivity contribution in [1.82, 2.24) is 5.32 Å². The van der Waals surface area contributed by atoms with Crippen molar-refractivity contribution in [2.45, 2.75) is 38.1 Å². The van der Waals surface area contributed by atoms with Gasteiger partial charge in [0.2, 0.25) is 5.91 Å². The highest BCUT2D eigenvalue weighted by Crippen LogP contribution is 2.24. The molecule has 0 aromatic heterocycles. The molecule has 1 atom stereocenters. The number of aryl methyl sites for hydroxylation is 2. The van der Waals surface area contributed by atoms with Crippen molar-refractivity contribution in [1.29, 1.82) is 0 Å². The molecule has 6 nitrogen and oxygen atoms in total. The van der Waals surface area contributed by atoms with Crippen LogP contribution in [-0.4, -0.2) is 33.5 Å². The van der Waals surface area contributed by atoms with Crippen LogP contribution in [0, 0.1) is 6.92 Å². The number of rotatable bonds is 10. The van der Waals surface area contributed by atoms with Gasteiger partial charge in [-0.3, -0.25) is 9.10 Å². The van der Waals surface area contributed by atoms with Gasteiger partial charge in [-0.15, -0.1) is 0 Å². The molecule has 3 rings (SSSR count). The first kappa shape index (κ1) is 24.3. The Morgan fingerprint density at radius 1 is 0.970 bits per heavy atom. The second-order valence-corrected chi connectivity index (χ2v) is 9.80. The Balaban J connectivity index is 1.73. The molecule has 7 heteroatoms. The largest absolute Gasteiger partial charge is 0.491 e. The minimum atomic E-state index is -3.92. The third-order valence-corrected chi connectivity index (χ3v) is 6.97. The lowest BCUT2D eigenvalue weighted by atomic mass is 10.1. The minimum absolute atomic E-state index is 0.133. The van der Waals surface area contributed by atoms with Crippen LogP contribution in [0.25, 0.3) is 0 Å². The van der Waals surface area contributed by atoms with Crippen molar-refractivity contribution in [2.24, 2.45) is 0 Å². The normalized spacial score (nSPS) is 12.1. The molecule has 1 unspecified atom stereocenters. The minimum Gasteiger partial charge on any atom is -0.491 e. The maximum atomic E-state index is 13.4. The third-order valence-electron chi connectivity index (χ3n) is 5.18. The average molecular weight is 467 g/mol. The number of ether oxygens (including phenoxy) is 1. The van der Waals surface area contributed by atoms with Gasteiger partial charge in [0.05, 0.1) is 16.6 Å². The van der Waals surface area contributed by atoms with Crippen molar-refractivity contribution in [3.05, 3.63) is 90.0 Å². The number of sulfonamides is 1. The Bertz CT molecular complexity index is 1150. The van der Waals surface area contributed by atoms with Gasteiger partial charge in [0.1, 0.15) is 18.9 Å². The lowest BCUT2D eigenvalue weighted by molar-refractivity contribution is -0.120. The van der Waals surface area contributed by atoms with E-state index in [-0.39, 0.29) is 24.1 Å². The molecule has 0 aliphatic heterocycles. The molecular formula is C26H30N2O4S. The van der Waals surface area contributed by atoms with E-state index < -0.39 is 15.9 Å². The summed E-state index contributed by atoms with van der Waals surface area (Å²) >= 11 is 0. The molecule has 0 bridgehead atoms. The van der Waals surface area contributed by atoms with Gasteiger partial charge in [0.25, 0.3) is 10.0 Å². The Kier molecular flexibility index (Phi) is 8.11. The number of nitrogens with one attached hydrogen (secondary N) is 1. The topological polar surface area (TPSA) is 75.7 Å². The quantitative estimate of drug-likeness (QED) is 0.482. The number of nitrogens with zero attached hydrogens (tertiary/aromatic N) is 1. The first-order chi connectivity index (χ1) is 15.8. The summed E-state index contributed by atoms with van der Waals surface area (Å²) in [4.78, 5) is 13.0. The van der Waals surface area contributed by atoms with Crippen LogP contribution in [0.5, 0.6) is 5.75 Å². The maximum absolute atomic E-state index is 13.4. The van der Waals surface area contributed by atoms with Crippen molar-refractivity contribution >= 4 is 21.6 Å². The van der Waals surface area contributed by atoms with Crippen LogP contribution in [0.1, 0.15) is 25.0 Å². The van der Waals surface area contributed by atoms with Gasteiger partial charge in [-0.1, -0.05) is 55.0 Å². The number of amides is 1. The predicted octanol–water partition coefficient (Wildman–Crippen LogP) is 4.34. The first-order valence-corrected chi connectivity index (χ1v) is 12.4. The number of anilines is 1. The molecule has 0 fully saturated rings. The van der Waals surface area contributed by atoms with E-state index in [1.807, 2.05) is 57.2 Å². The molecule has 0 spiro atoms. The average Bonchev–Trinajstić information content (AvgIpc) is 2.83. The van der Waals surface area contributed by atoms with Crippen LogP contribution < -0.4 is 14.4 Å². The summed E-state index contributed by atoms with van der Waals surface area (Å²) < 4.78 is 33.6. The molecule has 0 aliphatic rings. The zero-order valence-electron chi connectivity index (χ0n) is 19.2. The molecule has 0 heterocycles. The Hall–Kier alpha value is -3.32. The van der Waals surface area contributed by atoms with E-state index >= 15 is 0 Å². The Morgan fingerprint density at radius 3 is 2.21 bits per heavy atom. The fourth-order valence-corrected chi connectivity index (χ4v) is 4.72. The van der Waals surface area contributed by atoms with E-state index in [1.165, 1.54) is 12.1 Å². The molecular weight excluding hydrogens is 436 g/mol. The molecule has 0 saturated heterocycles. The summed E-state index contributed by atoms with van der Waals surface area (Å²) in [5, 5.41) is 2.84. The third kappa shape index (κ3) is 6.58. The Morgan fingerprint density at radius 2 is 1.61 bits per heavy atom. The summed E-state index contributed by atoms with van der Waals surface area (Å²) in [6.07, 6.45) is 0.838. The summed E-state index contributed by atoms with van der Waals surface area (Å²) in [5.74, 6) is 0.306. The van der Waals surface area contributed by atoms with Gasteiger partial charge in [-0.25, -0.2) is 8.42 Å². The van der Waals surface area contributed by atoms with E-state index in [9.17, 15) is 13.2 Å². The molecule has 0 radical (unpaired) electrons. The number of hydrogen-bond donors (Lipinski definition) is 1. The maximum Gasteiger partial charge on any atom is 0.264 e. The van der Waals surface area contributed by atoms with Gasteiger partial charge in [0, 0.05) is 0 Å². The zero-order valence-corrected chi connectivity index (χ0v) is 20.0. The van der Waals surface area contributed by atoms with Crippen LogP contribution >= 0.6 is 0 Å². The Labute approximate surface area is 196 Å². The van der Waals surface area contributed by atoms with Crippen LogP contribution in [0.4, 0.5) is 5.69 Å². The molecule has 174 valence electrons. The predicted molar refractivity (Wildman–Crippen MR) is 131 cm³/mol. The lowest BCUT2D eigenvalue weighted by Gasteiger charge is -2.25. The van der Waals surface area contributed by atoms with Gasteiger partial charge in [0.15, 0.2) is 0 Å². The standard InChI is InChI=1S/C26H30N2O4S/c1-4-22-12-14-23(15-13-22)28(33(30,31)25-8-6-5-7-9-25)18-26(29)27-21(3)19-32-24-16-10-20(2)11-17-24/h5-17,21H,4,18-19H2,1-3H3,(H,27,29). The second kappa shape index (κ2) is 11.0. The lowest BCUT2D eigenvalue weighted by Crippen LogP contribution is -2.45. The van der Waals surface area contributed by atoms with Crippen LogP contribution in [0.2, 0.25) is 0 Å². The summed E-state index contributed by atoms with van der Waals surface area (Å²) in [6.45, 7) is 5.78. The number of benzene rings is 3. The monoisotopic (exact) mass is 466 g/mol. The molecule has 3 aromatic rings. The molecule has 3 aromatic carbocycles. The van der Waals surface area contributed by atoms with E-state index in [0.29, 0.717) is 11.4 Å². The van der Waals surface area contributed by atoms with Gasteiger partial charge in [-0.05, 0) is 62.2 Å². The second-order valence-electron chi connectivity index (χ2n) is 7.94. The molecule has 33 heavy (non-hydrogen) atoms. The van der Waals surface area contributed by atoms with Crippen LogP contribution in [0.15, 0.2) is 83.8 Å². The van der Waals surface area contributed by atoms with Gasteiger partial charge < -0.3 is 10.1 Å². The fourth-order valence-electron chi connectivity index (χ4n) is 3.28. The first-order valence-electron chi connectivity index (χ1n) is 10.9. The van der Waals surface area contributed by atoms with Crippen LogP contribution in [0.3, 0.4) is 0 Å². The molecule has 0 saturated carbocycles. The smallest absolute Gasteiger partial charge is 0.264 e.